The van der Waals surface area contributed by atoms with Gasteiger partial charge in [0.1, 0.15) is 24.2 Å². The van der Waals surface area contributed by atoms with Crippen molar-refractivity contribution in [3.63, 3.8) is 0 Å². The first-order valence-corrected chi connectivity index (χ1v) is 24.8. The van der Waals surface area contributed by atoms with Crippen LogP contribution in [-0.4, -0.2) is 153 Å². The SMILES string of the molecule is CC(C)C[C@H]1C(=O)O[C@H](Cc2ccc(Cn3ccnc3)cc2)C(=O)N(C)C(C(C)C)C(=O)O[C@H](C)C(=O)N(C)C(C(C)C)C(=O)O[C@H](Cc2ccccc2)C(=O)N(C)[C@@H](CC(C)C)C(=O)O[C@H](C)C(=O)N1C. The van der Waals surface area contributed by atoms with Crippen molar-refractivity contribution in [2.45, 2.75) is 150 Å². The Labute approximate surface area is 424 Å². The van der Waals surface area contributed by atoms with E-state index in [1.165, 1.54) is 42.0 Å². The third-order valence-corrected chi connectivity index (χ3v) is 12.8. The summed E-state index contributed by atoms with van der Waals surface area (Å²) in [4.78, 5) is 124. The van der Waals surface area contributed by atoms with E-state index in [0.29, 0.717) is 17.7 Å². The zero-order chi connectivity index (χ0) is 53.7. The van der Waals surface area contributed by atoms with Gasteiger partial charge < -0.3 is 43.1 Å². The fourth-order valence-corrected chi connectivity index (χ4v) is 8.88. The molecular weight excluding hydrogens is 925 g/mol. The number of rotatable bonds is 12. The number of nitrogens with zero attached hydrogens (tertiary/aromatic N) is 6. The summed E-state index contributed by atoms with van der Waals surface area (Å²) in [5.41, 5.74) is 2.20. The number of carbonyl (C=O) groups is 8. The molecule has 8 atom stereocenters. The van der Waals surface area contributed by atoms with Crippen LogP contribution < -0.4 is 0 Å². The lowest BCUT2D eigenvalue weighted by Gasteiger charge is -2.36. The molecule has 2 unspecified atom stereocenters. The number of ether oxygens (including phenoxy) is 4. The first-order valence-electron chi connectivity index (χ1n) is 24.8. The van der Waals surface area contributed by atoms with Gasteiger partial charge in [0.25, 0.3) is 23.6 Å². The quantitative estimate of drug-likeness (QED) is 0.171. The van der Waals surface area contributed by atoms with Crippen molar-refractivity contribution in [3.8, 4) is 0 Å². The Kier molecular flexibility index (Phi) is 21.1. The van der Waals surface area contributed by atoms with Gasteiger partial charge in [-0.3, -0.25) is 19.2 Å². The summed E-state index contributed by atoms with van der Waals surface area (Å²) in [5.74, 6) is -8.17. The third-order valence-electron chi connectivity index (χ3n) is 12.8. The van der Waals surface area contributed by atoms with Crippen molar-refractivity contribution < 1.29 is 57.3 Å². The van der Waals surface area contributed by atoms with Gasteiger partial charge >= 0.3 is 23.9 Å². The van der Waals surface area contributed by atoms with Crippen LogP contribution in [0.25, 0.3) is 0 Å². The Morgan fingerprint density at radius 1 is 0.486 bits per heavy atom. The minimum atomic E-state index is -1.52. The normalized spacial score (nSPS) is 24.5. The Hall–Kier alpha value is -6.59. The van der Waals surface area contributed by atoms with Gasteiger partial charge in [0.05, 0.1) is 6.33 Å². The van der Waals surface area contributed by atoms with Crippen molar-refractivity contribution in [2.75, 3.05) is 28.2 Å². The molecule has 2 heterocycles. The maximum atomic E-state index is 14.8. The Balaban J connectivity index is 1.83. The predicted molar refractivity (Wildman–Crippen MR) is 267 cm³/mol. The average molecular weight is 1000 g/mol. The number of imidazole rings is 1. The van der Waals surface area contributed by atoms with Crippen LogP contribution >= 0.6 is 0 Å². The van der Waals surface area contributed by atoms with Gasteiger partial charge in [-0.2, -0.15) is 0 Å². The number of hydrogen-bond donors (Lipinski definition) is 0. The second-order valence-corrected chi connectivity index (χ2v) is 20.4. The molecule has 4 rings (SSSR count). The van der Waals surface area contributed by atoms with Gasteiger partial charge in [-0.05, 0) is 67.1 Å². The summed E-state index contributed by atoms with van der Waals surface area (Å²) in [5, 5.41) is 0. The molecule has 3 aromatic rings. The molecule has 1 aliphatic heterocycles. The van der Waals surface area contributed by atoms with E-state index in [4.69, 9.17) is 18.9 Å². The minimum absolute atomic E-state index is 0.0916. The van der Waals surface area contributed by atoms with Crippen LogP contribution in [0.1, 0.15) is 98.8 Å². The molecule has 18 nitrogen and oxygen atoms in total. The fourth-order valence-electron chi connectivity index (χ4n) is 8.88. The number of likely N-dealkylation sites (N-methyl/N-ethyl adjacent to an activating group) is 4. The van der Waals surface area contributed by atoms with Gasteiger partial charge in [0.2, 0.25) is 0 Å². The van der Waals surface area contributed by atoms with Gasteiger partial charge in [-0.1, -0.05) is 110 Å². The van der Waals surface area contributed by atoms with Crippen molar-refractivity contribution in [1.29, 1.82) is 0 Å². The molecule has 1 saturated heterocycles. The highest BCUT2D eigenvalue weighted by molar-refractivity contribution is 5.94. The smallest absolute Gasteiger partial charge is 0.329 e. The van der Waals surface area contributed by atoms with E-state index in [-0.39, 0.29) is 37.5 Å². The molecule has 0 radical (unpaired) electrons. The van der Waals surface area contributed by atoms with E-state index in [1.54, 1.807) is 82.7 Å². The molecule has 2 aromatic carbocycles. The van der Waals surface area contributed by atoms with E-state index in [9.17, 15) is 38.4 Å². The summed E-state index contributed by atoms with van der Waals surface area (Å²) in [6.45, 7) is 17.4. The number of carbonyl (C=O) groups excluding carboxylic acids is 8. The maximum Gasteiger partial charge on any atom is 0.329 e. The van der Waals surface area contributed by atoms with Crippen molar-refractivity contribution in [1.82, 2.24) is 29.2 Å². The van der Waals surface area contributed by atoms with Crippen molar-refractivity contribution >= 4 is 47.5 Å². The zero-order valence-corrected chi connectivity index (χ0v) is 44.5. The number of amides is 4. The van der Waals surface area contributed by atoms with E-state index in [1.807, 2.05) is 50.6 Å². The fraction of sp³-hybridized carbons (Fsp3) is 0.574. The van der Waals surface area contributed by atoms with Crippen LogP contribution in [0, 0.1) is 23.7 Å². The van der Waals surface area contributed by atoms with Crippen LogP contribution in [-0.2, 0) is 76.7 Å². The first kappa shape index (κ1) is 58.0. The van der Waals surface area contributed by atoms with Gasteiger partial charge in [-0.25, -0.2) is 24.2 Å². The molecule has 1 fully saturated rings. The molecular formula is C54H76N6O12. The lowest BCUT2D eigenvalue weighted by atomic mass is 9.99. The monoisotopic (exact) mass is 1000 g/mol. The molecule has 0 saturated carbocycles. The summed E-state index contributed by atoms with van der Waals surface area (Å²) in [7, 11) is 5.51. The number of hydrogen-bond acceptors (Lipinski definition) is 13. The van der Waals surface area contributed by atoms with Gasteiger partial charge in [0, 0.05) is 60.0 Å². The van der Waals surface area contributed by atoms with Crippen LogP contribution in [0.2, 0.25) is 0 Å². The van der Waals surface area contributed by atoms with Crippen LogP contribution in [0.4, 0.5) is 0 Å². The second kappa shape index (κ2) is 26.2. The summed E-state index contributed by atoms with van der Waals surface area (Å²) < 4.78 is 25.7. The van der Waals surface area contributed by atoms with Gasteiger partial charge in [-0.15, -0.1) is 0 Å². The van der Waals surface area contributed by atoms with E-state index < -0.39 is 108 Å². The van der Waals surface area contributed by atoms with E-state index >= 15 is 0 Å². The topological polar surface area (TPSA) is 204 Å². The number of aromatic nitrogens is 2. The molecule has 1 aromatic heterocycles. The lowest BCUT2D eigenvalue weighted by Crippen LogP contribution is -2.55. The molecule has 0 aliphatic carbocycles. The molecule has 1 aliphatic rings. The zero-order valence-electron chi connectivity index (χ0n) is 44.5. The van der Waals surface area contributed by atoms with Gasteiger partial charge in [0.15, 0.2) is 24.4 Å². The van der Waals surface area contributed by atoms with Crippen LogP contribution in [0.15, 0.2) is 73.3 Å². The summed E-state index contributed by atoms with van der Waals surface area (Å²) in [6.07, 6.45) is -0.767. The molecule has 0 N–H and O–H groups in total. The lowest BCUT2D eigenvalue weighted by molar-refractivity contribution is -0.177. The van der Waals surface area contributed by atoms with E-state index in [0.717, 1.165) is 25.2 Å². The summed E-state index contributed by atoms with van der Waals surface area (Å²) >= 11 is 0. The predicted octanol–water partition coefficient (Wildman–Crippen LogP) is 5.13. The van der Waals surface area contributed by atoms with Crippen molar-refractivity contribution in [3.05, 3.63) is 90.0 Å². The highest BCUT2D eigenvalue weighted by atomic mass is 16.6. The van der Waals surface area contributed by atoms with Crippen molar-refractivity contribution in [2.24, 2.45) is 23.7 Å². The first-order chi connectivity index (χ1) is 33.8. The van der Waals surface area contributed by atoms with Crippen LogP contribution in [0.5, 0.6) is 0 Å². The molecule has 394 valence electrons. The molecule has 0 bridgehead atoms. The summed E-state index contributed by atoms with van der Waals surface area (Å²) in [6, 6.07) is 11.1. The maximum absolute atomic E-state index is 14.8. The standard InChI is InChI=1S/C54H76N6O12/c1-32(2)26-41-51(65)69-36(9)47(61)56(11)42(27-33(3)4)52(66)71-44(29-39-20-22-40(23-21-39)30-60-25-24-55-31-60)50(64)59(14)45(34(5)6)53(67)70-37(10)48(62)58(13)46(35(7)8)54(68)72-43(49(63)57(41)12)28-38-18-16-15-17-19-38/h15-25,31-37,41-46H,26-30H2,1-14H3/t36-,37-,41+,42+,43-,44-,45?,46?/m1/s1. The average Bonchev–Trinajstić information content (AvgIpc) is 3.83. The largest absolute Gasteiger partial charge is 0.451 e. The molecule has 18 heteroatoms. The highest BCUT2D eigenvalue weighted by Crippen LogP contribution is 2.24. The molecule has 0 spiro atoms. The second-order valence-electron chi connectivity index (χ2n) is 20.4. The minimum Gasteiger partial charge on any atom is -0.451 e. The molecule has 72 heavy (non-hydrogen) atoms. The Bertz CT molecular complexity index is 2320. The third kappa shape index (κ3) is 15.5. The molecule has 4 amide bonds. The van der Waals surface area contributed by atoms with E-state index in [2.05, 4.69) is 4.98 Å². The number of esters is 4. The highest BCUT2D eigenvalue weighted by Gasteiger charge is 2.43. The Morgan fingerprint density at radius 2 is 0.875 bits per heavy atom. The number of cyclic esters (lactones) is 4. The Morgan fingerprint density at radius 3 is 1.35 bits per heavy atom. The van der Waals surface area contributed by atoms with Crippen LogP contribution in [0.3, 0.4) is 0 Å². The number of benzene rings is 2.